The number of carbonyl (C=O) groups excluding carboxylic acids is 1. The highest BCUT2D eigenvalue weighted by Crippen LogP contribution is 2.11. The van der Waals surface area contributed by atoms with Crippen molar-refractivity contribution in [2.24, 2.45) is 0 Å². The lowest BCUT2D eigenvalue weighted by Crippen LogP contribution is -2.16. The van der Waals surface area contributed by atoms with E-state index in [4.69, 9.17) is 20.1 Å². The Kier molecular flexibility index (Phi) is 21.8. The quantitative estimate of drug-likeness (QED) is 0.276. The van der Waals surface area contributed by atoms with Gasteiger partial charge in [-0.05, 0) is 6.42 Å². The number of aliphatic hydroxyl groups is 3. The third-order valence-electron chi connectivity index (χ3n) is 3.20. The summed E-state index contributed by atoms with van der Waals surface area (Å²) in [5, 5.41) is 24.4. The van der Waals surface area contributed by atoms with Gasteiger partial charge < -0.3 is 20.1 Å². The molecule has 0 saturated heterocycles. The standard InChI is InChI=1S/C15H30O3.C2H6O2/c1-3-5-6-7-8-9-10-11-12-13-15(17)18-14(16)4-2;3-1-2-4/h14,16H,3-13H2,1-2H3;3-4H,1-2H2. The van der Waals surface area contributed by atoms with Crippen molar-refractivity contribution in [3.63, 3.8) is 0 Å². The van der Waals surface area contributed by atoms with E-state index < -0.39 is 6.29 Å². The highest BCUT2D eigenvalue weighted by Gasteiger charge is 2.07. The van der Waals surface area contributed by atoms with Crippen LogP contribution in [0.3, 0.4) is 0 Å². The molecule has 0 amide bonds. The van der Waals surface area contributed by atoms with Crippen molar-refractivity contribution in [2.75, 3.05) is 13.2 Å². The van der Waals surface area contributed by atoms with Crippen LogP contribution in [0.2, 0.25) is 0 Å². The number of hydrogen-bond acceptors (Lipinski definition) is 5. The van der Waals surface area contributed by atoms with Gasteiger partial charge in [0.1, 0.15) is 0 Å². The van der Waals surface area contributed by atoms with Gasteiger partial charge in [0.2, 0.25) is 0 Å². The van der Waals surface area contributed by atoms with Gasteiger partial charge in [0.05, 0.1) is 13.2 Å². The van der Waals surface area contributed by atoms with E-state index in [0.717, 1.165) is 12.8 Å². The van der Waals surface area contributed by atoms with Crippen LogP contribution in [-0.4, -0.2) is 40.8 Å². The van der Waals surface area contributed by atoms with Crippen LogP contribution >= 0.6 is 0 Å². The highest BCUT2D eigenvalue weighted by atomic mass is 16.6. The average molecular weight is 320 g/mol. The van der Waals surface area contributed by atoms with Gasteiger partial charge in [-0.3, -0.25) is 4.79 Å². The molecule has 0 aromatic carbocycles. The maximum atomic E-state index is 11.2. The van der Waals surface area contributed by atoms with Crippen molar-refractivity contribution in [1.29, 1.82) is 0 Å². The van der Waals surface area contributed by atoms with Crippen LogP contribution in [0, 0.1) is 0 Å². The number of rotatable bonds is 13. The number of esters is 1. The summed E-state index contributed by atoms with van der Waals surface area (Å²) in [6.07, 6.45) is 11.1. The van der Waals surface area contributed by atoms with Gasteiger partial charge in [-0.1, -0.05) is 65.2 Å². The minimum Gasteiger partial charge on any atom is -0.436 e. The molecule has 5 nitrogen and oxygen atoms in total. The lowest BCUT2D eigenvalue weighted by atomic mass is 10.1. The number of aliphatic hydroxyl groups excluding tert-OH is 3. The van der Waals surface area contributed by atoms with E-state index in [1.165, 1.54) is 44.9 Å². The van der Waals surface area contributed by atoms with E-state index in [1.54, 1.807) is 6.92 Å². The molecule has 3 N–H and O–H groups in total. The van der Waals surface area contributed by atoms with Gasteiger partial charge in [-0.25, -0.2) is 0 Å². The molecule has 0 bridgehead atoms. The van der Waals surface area contributed by atoms with Crippen molar-refractivity contribution in [2.45, 2.75) is 90.8 Å². The minimum absolute atomic E-state index is 0.125. The largest absolute Gasteiger partial charge is 0.436 e. The SMILES string of the molecule is CCCCCCCCCCCC(=O)OC(O)CC.OCCO. The average Bonchev–Trinajstić information content (AvgIpc) is 2.53. The van der Waals surface area contributed by atoms with Crippen LogP contribution in [-0.2, 0) is 9.53 Å². The molecule has 0 radical (unpaired) electrons. The van der Waals surface area contributed by atoms with E-state index in [-0.39, 0.29) is 19.2 Å². The second-order valence-electron chi connectivity index (χ2n) is 5.38. The summed E-state index contributed by atoms with van der Waals surface area (Å²) in [6, 6.07) is 0. The summed E-state index contributed by atoms with van der Waals surface area (Å²) in [7, 11) is 0. The third kappa shape index (κ3) is 21.6. The number of carbonyl (C=O) groups is 1. The van der Waals surface area contributed by atoms with Gasteiger partial charge in [-0.15, -0.1) is 0 Å². The normalized spacial score (nSPS) is 11.5. The first kappa shape index (κ1) is 23.6. The Morgan fingerprint density at radius 1 is 0.864 bits per heavy atom. The summed E-state index contributed by atoms with van der Waals surface area (Å²) in [4.78, 5) is 11.2. The predicted molar refractivity (Wildman–Crippen MR) is 88.4 cm³/mol. The molecule has 0 aromatic heterocycles. The van der Waals surface area contributed by atoms with Crippen molar-refractivity contribution >= 4 is 5.97 Å². The van der Waals surface area contributed by atoms with E-state index >= 15 is 0 Å². The van der Waals surface area contributed by atoms with Crippen molar-refractivity contribution in [3.05, 3.63) is 0 Å². The lowest BCUT2D eigenvalue weighted by molar-refractivity contribution is -0.168. The van der Waals surface area contributed by atoms with Gasteiger partial charge in [0.15, 0.2) is 6.29 Å². The number of ether oxygens (including phenoxy) is 1. The minimum atomic E-state index is -0.920. The first-order valence-corrected chi connectivity index (χ1v) is 8.71. The molecule has 22 heavy (non-hydrogen) atoms. The van der Waals surface area contributed by atoms with Crippen molar-refractivity contribution in [1.82, 2.24) is 0 Å². The van der Waals surface area contributed by atoms with Crippen LogP contribution in [0.1, 0.15) is 84.5 Å². The molecule has 0 rings (SSSR count). The molecular weight excluding hydrogens is 284 g/mol. The summed E-state index contributed by atoms with van der Waals surface area (Å²) >= 11 is 0. The van der Waals surface area contributed by atoms with E-state index in [2.05, 4.69) is 6.92 Å². The fourth-order valence-electron chi connectivity index (χ4n) is 1.87. The molecular formula is C17H36O5. The third-order valence-corrected chi connectivity index (χ3v) is 3.20. The second kappa shape index (κ2) is 20.3. The molecule has 0 fully saturated rings. The Hall–Kier alpha value is -0.650. The molecule has 0 spiro atoms. The van der Waals surface area contributed by atoms with E-state index in [1.807, 2.05) is 0 Å². The Bertz CT molecular complexity index is 219. The predicted octanol–water partition coefficient (Wildman–Crippen LogP) is 3.15. The lowest BCUT2D eigenvalue weighted by Gasteiger charge is -2.09. The zero-order chi connectivity index (χ0) is 17.1. The molecule has 0 aliphatic carbocycles. The summed E-state index contributed by atoms with van der Waals surface area (Å²) in [5.74, 6) is -0.271. The molecule has 134 valence electrons. The molecule has 0 aliphatic heterocycles. The van der Waals surface area contributed by atoms with Gasteiger partial charge in [0.25, 0.3) is 0 Å². The summed E-state index contributed by atoms with van der Waals surface area (Å²) < 4.78 is 4.79. The summed E-state index contributed by atoms with van der Waals surface area (Å²) in [5.41, 5.74) is 0. The molecule has 0 aromatic rings. The molecule has 1 unspecified atom stereocenters. The molecule has 1 atom stereocenters. The molecule has 0 saturated carbocycles. The highest BCUT2D eigenvalue weighted by molar-refractivity contribution is 5.69. The van der Waals surface area contributed by atoms with Gasteiger partial charge >= 0.3 is 5.97 Å². The van der Waals surface area contributed by atoms with Crippen LogP contribution in [0.4, 0.5) is 0 Å². The van der Waals surface area contributed by atoms with Crippen molar-refractivity contribution < 1.29 is 24.9 Å². The first-order valence-electron chi connectivity index (χ1n) is 8.71. The maximum absolute atomic E-state index is 11.2. The zero-order valence-electron chi connectivity index (χ0n) is 14.4. The molecule has 0 aliphatic rings. The fourth-order valence-corrected chi connectivity index (χ4v) is 1.87. The Morgan fingerprint density at radius 2 is 1.32 bits per heavy atom. The van der Waals surface area contributed by atoms with Crippen LogP contribution in [0.5, 0.6) is 0 Å². The van der Waals surface area contributed by atoms with Crippen molar-refractivity contribution in [3.8, 4) is 0 Å². The fraction of sp³-hybridized carbons (Fsp3) is 0.941. The Balaban J connectivity index is 0. The summed E-state index contributed by atoms with van der Waals surface area (Å²) in [6.45, 7) is 3.77. The maximum Gasteiger partial charge on any atom is 0.308 e. The Morgan fingerprint density at radius 3 is 1.73 bits per heavy atom. The van der Waals surface area contributed by atoms with E-state index in [9.17, 15) is 4.79 Å². The zero-order valence-corrected chi connectivity index (χ0v) is 14.4. The Labute approximate surface area is 135 Å². The topological polar surface area (TPSA) is 87.0 Å². The van der Waals surface area contributed by atoms with Crippen LogP contribution < -0.4 is 0 Å². The smallest absolute Gasteiger partial charge is 0.308 e. The molecule has 0 heterocycles. The second-order valence-corrected chi connectivity index (χ2v) is 5.38. The van der Waals surface area contributed by atoms with Crippen LogP contribution in [0.15, 0.2) is 0 Å². The number of unbranched alkanes of at least 4 members (excludes halogenated alkanes) is 8. The first-order chi connectivity index (χ1) is 10.6. The number of hydrogen-bond donors (Lipinski definition) is 3. The van der Waals surface area contributed by atoms with Crippen LogP contribution in [0.25, 0.3) is 0 Å². The molecule has 5 heteroatoms. The monoisotopic (exact) mass is 320 g/mol. The van der Waals surface area contributed by atoms with E-state index in [0.29, 0.717) is 12.8 Å². The van der Waals surface area contributed by atoms with Gasteiger partial charge in [-0.2, -0.15) is 0 Å². The van der Waals surface area contributed by atoms with Gasteiger partial charge in [0, 0.05) is 12.8 Å².